The highest BCUT2D eigenvalue weighted by molar-refractivity contribution is 6.07. The van der Waals surface area contributed by atoms with Crippen LogP contribution < -0.4 is 0 Å². The van der Waals surface area contributed by atoms with Crippen LogP contribution in [0.15, 0.2) is 79.0 Å². The summed E-state index contributed by atoms with van der Waals surface area (Å²) < 4.78 is 1.83. The van der Waals surface area contributed by atoms with Crippen molar-refractivity contribution in [1.29, 1.82) is 0 Å². The second-order valence-electron chi connectivity index (χ2n) is 6.24. The fourth-order valence-corrected chi connectivity index (χ4v) is 3.48. The van der Waals surface area contributed by atoms with E-state index in [0.29, 0.717) is 0 Å². The van der Waals surface area contributed by atoms with Crippen molar-refractivity contribution in [3.63, 3.8) is 0 Å². The van der Waals surface area contributed by atoms with Crippen molar-refractivity contribution in [3.8, 4) is 5.69 Å². The largest absolute Gasteiger partial charge is 0.270 e. The van der Waals surface area contributed by atoms with Crippen molar-refractivity contribution in [2.24, 2.45) is 0 Å². The molecule has 0 amide bonds. The lowest BCUT2D eigenvalue weighted by Gasteiger charge is -2.11. The number of benzene rings is 4. The maximum absolute atomic E-state index is 11.0. The Hall–Kier alpha value is -3.73. The molecule has 5 nitrogen and oxygen atoms in total. The van der Waals surface area contributed by atoms with Crippen LogP contribution >= 0.6 is 0 Å². The fourth-order valence-electron chi connectivity index (χ4n) is 3.48. The minimum Gasteiger partial charge on any atom is -0.258 e. The van der Waals surface area contributed by atoms with Crippen LogP contribution in [-0.4, -0.2) is 14.7 Å². The van der Waals surface area contributed by atoms with Gasteiger partial charge in [-0.3, -0.25) is 10.1 Å². The van der Waals surface area contributed by atoms with Gasteiger partial charge in [-0.2, -0.15) is 5.10 Å². The normalized spacial score (nSPS) is 11.4. The van der Waals surface area contributed by atoms with Gasteiger partial charge in [0.25, 0.3) is 5.69 Å². The van der Waals surface area contributed by atoms with Gasteiger partial charge in [0.05, 0.1) is 16.1 Å². The van der Waals surface area contributed by atoms with Crippen LogP contribution in [0.5, 0.6) is 0 Å². The molecule has 26 heavy (non-hydrogen) atoms. The molecule has 0 spiro atoms. The molecule has 5 rings (SSSR count). The number of aromatic nitrogens is 2. The molecule has 0 unspecified atom stereocenters. The van der Waals surface area contributed by atoms with Gasteiger partial charge in [-0.15, -0.1) is 0 Å². The van der Waals surface area contributed by atoms with Gasteiger partial charge in [0.15, 0.2) is 0 Å². The SMILES string of the molecule is O=[N+]([O-])c1ccc2nn(-c3c4ccccc4cc4ccccc34)cc2c1. The van der Waals surface area contributed by atoms with Gasteiger partial charge in [0, 0.05) is 34.5 Å². The summed E-state index contributed by atoms with van der Waals surface area (Å²) >= 11 is 0. The Bertz CT molecular complexity index is 1270. The predicted molar refractivity (Wildman–Crippen MR) is 103 cm³/mol. The molecule has 1 aromatic heterocycles. The molecule has 124 valence electrons. The maximum Gasteiger partial charge on any atom is 0.270 e. The number of hydrogen-bond acceptors (Lipinski definition) is 3. The van der Waals surface area contributed by atoms with Crippen molar-refractivity contribution in [2.45, 2.75) is 0 Å². The number of nitrogens with zero attached hydrogens (tertiary/aromatic N) is 3. The first-order valence-electron chi connectivity index (χ1n) is 8.25. The van der Waals surface area contributed by atoms with Gasteiger partial charge in [0.2, 0.25) is 0 Å². The number of nitro groups is 1. The molecule has 0 aliphatic carbocycles. The zero-order valence-corrected chi connectivity index (χ0v) is 13.7. The van der Waals surface area contributed by atoms with E-state index in [0.717, 1.165) is 38.1 Å². The summed E-state index contributed by atoms with van der Waals surface area (Å²) in [5.74, 6) is 0. The summed E-state index contributed by atoms with van der Waals surface area (Å²) in [4.78, 5) is 10.7. The quantitative estimate of drug-likeness (QED) is 0.251. The van der Waals surface area contributed by atoms with Crippen molar-refractivity contribution >= 4 is 38.1 Å². The fraction of sp³-hybridized carbons (Fsp3) is 0. The lowest BCUT2D eigenvalue weighted by Crippen LogP contribution is -1.97. The van der Waals surface area contributed by atoms with Crippen LogP contribution in [0, 0.1) is 10.1 Å². The highest BCUT2D eigenvalue weighted by Gasteiger charge is 2.13. The molecule has 1 heterocycles. The standard InChI is InChI=1S/C21H13N3O2/c25-24(26)17-9-10-20-16(12-17)13-23(22-20)21-18-7-3-1-5-14(18)11-15-6-2-4-8-19(15)21/h1-13H. The van der Waals surface area contributed by atoms with Gasteiger partial charge in [-0.1, -0.05) is 48.5 Å². The summed E-state index contributed by atoms with van der Waals surface area (Å²) in [5.41, 5.74) is 1.78. The molecular formula is C21H13N3O2. The average Bonchev–Trinajstić information content (AvgIpc) is 3.08. The zero-order chi connectivity index (χ0) is 17.7. The van der Waals surface area contributed by atoms with Crippen LogP contribution in [-0.2, 0) is 0 Å². The van der Waals surface area contributed by atoms with E-state index in [1.54, 1.807) is 12.1 Å². The minimum absolute atomic E-state index is 0.0693. The van der Waals surface area contributed by atoms with Crippen molar-refractivity contribution < 1.29 is 4.92 Å². The topological polar surface area (TPSA) is 61.0 Å². The van der Waals surface area contributed by atoms with Crippen LogP contribution in [0.1, 0.15) is 0 Å². The molecule has 0 radical (unpaired) electrons. The molecule has 4 aromatic carbocycles. The molecule has 0 N–H and O–H groups in total. The Labute approximate surface area is 148 Å². The Morgan fingerprint density at radius 1 is 0.808 bits per heavy atom. The maximum atomic E-state index is 11.0. The first kappa shape index (κ1) is 14.6. The van der Waals surface area contributed by atoms with Gasteiger partial charge >= 0.3 is 0 Å². The molecule has 5 aromatic rings. The smallest absolute Gasteiger partial charge is 0.258 e. The molecule has 0 aliphatic rings. The van der Waals surface area contributed by atoms with Gasteiger partial charge in [-0.05, 0) is 22.9 Å². The van der Waals surface area contributed by atoms with Crippen LogP contribution in [0.3, 0.4) is 0 Å². The number of non-ortho nitro benzene ring substituents is 1. The Morgan fingerprint density at radius 3 is 2.12 bits per heavy atom. The number of rotatable bonds is 2. The average molecular weight is 339 g/mol. The molecule has 0 bridgehead atoms. The molecule has 0 saturated carbocycles. The Kier molecular flexibility index (Phi) is 3.03. The second kappa shape index (κ2) is 5.39. The molecule has 0 aliphatic heterocycles. The molecule has 0 atom stereocenters. The van der Waals surface area contributed by atoms with E-state index in [-0.39, 0.29) is 10.6 Å². The van der Waals surface area contributed by atoms with Crippen molar-refractivity contribution in [2.75, 3.05) is 0 Å². The zero-order valence-electron chi connectivity index (χ0n) is 13.7. The van der Waals surface area contributed by atoms with Crippen molar-refractivity contribution in [3.05, 3.63) is 89.1 Å². The first-order valence-corrected chi connectivity index (χ1v) is 8.25. The number of fused-ring (bicyclic) bond motifs is 3. The van der Waals surface area contributed by atoms with E-state index < -0.39 is 0 Å². The summed E-state index contributed by atoms with van der Waals surface area (Å²) in [5, 5.41) is 20.9. The summed E-state index contributed by atoms with van der Waals surface area (Å²) in [6.45, 7) is 0. The van der Waals surface area contributed by atoms with E-state index in [2.05, 4.69) is 35.4 Å². The highest BCUT2D eigenvalue weighted by atomic mass is 16.6. The third-order valence-corrected chi connectivity index (χ3v) is 4.67. The van der Waals surface area contributed by atoms with Gasteiger partial charge in [0.1, 0.15) is 0 Å². The van der Waals surface area contributed by atoms with Crippen LogP contribution in [0.4, 0.5) is 5.69 Å². The minimum atomic E-state index is -0.385. The summed E-state index contributed by atoms with van der Waals surface area (Å²) in [7, 11) is 0. The van der Waals surface area contributed by atoms with E-state index in [4.69, 9.17) is 0 Å². The monoisotopic (exact) mass is 339 g/mol. The Balaban J connectivity index is 1.87. The lowest BCUT2D eigenvalue weighted by molar-refractivity contribution is -0.384. The Morgan fingerprint density at radius 2 is 1.46 bits per heavy atom. The molecular weight excluding hydrogens is 326 g/mol. The molecule has 0 fully saturated rings. The van der Waals surface area contributed by atoms with E-state index >= 15 is 0 Å². The summed E-state index contributed by atoms with van der Waals surface area (Å²) in [6.07, 6.45) is 1.86. The summed E-state index contributed by atoms with van der Waals surface area (Å²) in [6, 6.07) is 23.3. The molecule has 5 heteroatoms. The molecule has 0 saturated heterocycles. The van der Waals surface area contributed by atoms with Crippen LogP contribution in [0.2, 0.25) is 0 Å². The number of hydrogen-bond donors (Lipinski definition) is 0. The van der Waals surface area contributed by atoms with Gasteiger partial charge < -0.3 is 0 Å². The third kappa shape index (κ3) is 2.14. The highest BCUT2D eigenvalue weighted by Crippen LogP contribution is 2.32. The van der Waals surface area contributed by atoms with E-state index in [1.165, 1.54) is 6.07 Å². The number of nitro benzene ring substituents is 1. The first-order chi connectivity index (χ1) is 12.7. The second-order valence-corrected chi connectivity index (χ2v) is 6.24. The van der Waals surface area contributed by atoms with Gasteiger partial charge in [-0.25, -0.2) is 4.68 Å². The van der Waals surface area contributed by atoms with Crippen molar-refractivity contribution in [1.82, 2.24) is 9.78 Å². The predicted octanol–water partition coefficient (Wildman–Crippen LogP) is 5.24. The third-order valence-electron chi connectivity index (χ3n) is 4.67. The van der Waals surface area contributed by atoms with Crippen LogP contribution in [0.25, 0.3) is 38.1 Å². The van der Waals surface area contributed by atoms with E-state index in [9.17, 15) is 10.1 Å². The lowest BCUT2D eigenvalue weighted by atomic mass is 10.0. The van der Waals surface area contributed by atoms with E-state index in [1.807, 2.05) is 35.1 Å².